The molecule has 146 valence electrons. The van der Waals surface area contributed by atoms with E-state index in [1.807, 2.05) is 30.8 Å². The van der Waals surface area contributed by atoms with Crippen LogP contribution in [0.15, 0.2) is 31.0 Å². The number of aryl methyl sites for hydroxylation is 1. The number of likely N-dealkylation sites (N-methyl/N-ethyl adjacent to an activating group) is 1. The lowest BCUT2D eigenvalue weighted by Gasteiger charge is -2.34. The van der Waals surface area contributed by atoms with Gasteiger partial charge in [0.1, 0.15) is 12.9 Å². The Hall–Kier alpha value is -3.36. The van der Waals surface area contributed by atoms with Crippen LogP contribution in [0.4, 0.5) is 17.5 Å². The van der Waals surface area contributed by atoms with Gasteiger partial charge in [-0.15, -0.1) is 0 Å². The third kappa shape index (κ3) is 3.30. The number of hydrogen-bond donors (Lipinski definition) is 1. The molecule has 9 heteroatoms. The number of methoxy groups -OCH3 is 1. The molecule has 1 aliphatic heterocycles. The van der Waals surface area contributed by atoms with E-state index < -0.39 is 0 Å². The van der Waals surface area contributed by atoms with Crippen molar-refractivity contribution in [1.82, 2.24) is 24.5 Å². The summed E-state index contributed by atoms with van der Waals surface area (Å²) in [5.41, 5.74) is 1.63. The van der Waals surface area contributed by atoms with Crippen LogP contribution < -0.4 is 19.7 Å². The van der Waals surface area contributed by atoms with Gasteiger partial charge in [-0.2, -0.15) is 4.98 Å². The molecule has 0 amide bonds. The van der Waals surface area contributed by atoms with E-state index in [-0.39, 0.29) is 0 Å². The number of rotatable bonds is 5. The van der Waals surface area contributed by atoms with Crippen LogP contribution in [0.25, 0.3) is 5.82 Å². The van der Waals surface area contributed by atoms with Crippen LogP contribution >= 0.6 is 0 Å². The number of nitrogens with one attached hydrogen (secondary N) is 1. The second-order valence-corrected chi connectivity index (χ2v) is 6.66. The topological polar surface area (TPSA) is 90.2 Å². The number of anilines is 3. The zero-order valence-corrected chi connectivity index (χ0v) is 16.4. The van der Waals surface area contributed by atoms with Gasteiger partial charge in [-0.05, 0) is 13.3 Å². The molecule has 0 saturated heterocycles. The molecule has 4 rings (SSSR count). The minimum Gasteiger partial charge on any atom is -0.493 e. The molecular weight excluding hydrogens is 358 g/mol. The first kappa shape index (κ1) is 18.0. The molecule has 4 heterocycles. The first-order valence-corrected chi connectivity index (χ1v) is 9.13. The fraction of sp³-hybridized carbons (Fsp3) is 0.368. The summed E-state index contributed by atoms with van der Waals surface area (Å²) in [4.78, 5) is 19.8. The molecule has 1 atom stereocenters. The Morgan fingerprint density at radius 3 is 2.82 bits per heavy atom. The van der Waals surface area contributed by atoms with E-state index in [9.17, 15) is 0 Å². The summed E-state index contributed by atoms with van der Waals surface area (Å²) < 4.78 is 13.1. The first-order valence-electron chi connectivity index (χ1n) is 9.13. The van der Waals surface area contributed by atoms with Gasteiger partial charge in [-0.3, -0.25) is 4.57 Å². The van der Waals surface area contributed by atoms with Gasteiger partial charge in [0.15, 0.2) is 23.1 Å². The Labute approximate surface area is 163 Å². The Balaban J connectivity index is 1.60. The molecule has 0 aromatic carbocycles. The van der Waals surface area contributed by atoms with Crippen LogP contribution in [0.5, 0.6) is 11.5 Å². The van der Waals surface area contributed by atoms with Crippen LogP contribution in [0.2, 0.25) is 0 Å². The van der Waals surface area contributed by atoms with E-state index in [0.717, 1.165) is 23.6 Å². The summed E-state index contributed by atoms with van der Waals surface area (Å²) >= 11 is 0. The normalized spacial score (nSPS) is 15.7. The molecule has 0 fully saturated rings. The first-order chi connectivity index (χ1) is 13.6. The molecule has 1 aliphatic rings. The zero-order valence-electron chi connectivity index (χ0n) is 16.4. The predicted octanol–water partition coefficient (Wildman–Crippen LogP) is 2.73. The van der Waals surface area contributed by atoms with E-state index in [2.05, 4.69) is 37.1 Å². The van der Waals surface area contributed by atoms with Crippen molar-refractivity contribution in [2.45, 2.75) is 26.3 Å². The van der Waals surface area contributed by atoms with Crippen LogP contribution in [0.3, 0.4) is 0 Å². The fourth-order valence-electron chi connectivity index (χ4n) is 3.15. The number of imidazole rings is 1. The van der Waals surface area contributed by atoms with E-state index in [0.29, 0.717) is 35.9 Å². The molecule has 0 spiro atoms. The van der Waals surface area contributed by atoms with Crippen LogP contribution in [0, 0.1) is 6.92 Å². The molecule has 3 aromatic heterocycles. The molecule has 3 aromatic rings. The molecule has 0 saturated carbocycles. The molecular formula is C19H23N7O2. The van der Waals surface area contributed by atoms with Crippen LogP contribution in [-0.4, -0.2) is 51.3 Å². The number of pyridine rings is 1. The summed E-state index contributed by atoms with van der Waals surface area (Å²) in [6, 6.07) is 2.16. The Bertz CT molecular complexity index is 988. The van der Waals surface area contributed by atoms with E-state index >= 15 is 0 Å². The van der Waals surface area contributed by atoms with E-state index in [1.165, 1.54) is 0 Å². The monoisotopic (exact) mass is 381 g/mol. The van der Waals surface area contributed by atoms with Crippen LogP contribution in [0.1, 0.15) is 19.0 Å². The Morgan fingerprint density at radius 1 is 1.25 bits per heavy atom. The average molecular weight is 381 g/mol. The van der Waals surface area contributed by atoms with Gasteiger partial charge in [0.2, 0.25) is 5.95 Å². The highest BCUT2D eigenvalue weighted by Crippen LogP contribution is 2.32. The largest absolute Gasteiger partial charge is 0.493 e. The molecule has 0 bridgehead atoms. The quantitative estimate of drug-likeness (QED) is 0.721. The molecule has 0 aliphatic carbocycles. The summed E-state index contributed by atoms with van der Waals surface area (Å²) in [6.07, 6.45) is 7.99. The molecule has 0 radical (unpaired) electrons. The van der Waals surface area contributed by atoms with Gasteiger partial charge in [0.05, 0.1) is 36.9 Å². The lowest BCUT2D eigenvalue weighted by atomic mass is 10.2. The van der Waals surface area contributed by atoms with Crippen molar-refractivity contribution in [2.24, 2.45) is 0 Å². The number of ether oxygens (including phenoxy) is 2. The van der Waals surface area contributed by atoms with Crippen molar-refractivity contribution in [3.63, 3.8) is 0 Å². The zero-order chi connectivity index (χ0) is 19.7. The van der Waals surface area contributed by atoms with Crippen molar-refractivity contribution in [3.05, 3.63) is 36.7 Å². The van der Waals surface area contributed by atoms with Crippen molar-refractivity contribution < 1.29 is 9.47 Å². The SMILES string of the molecule is CCC1COc2cnc(Nc3cnc(-n4cnc(C)c4)c(OC)c3)nc2N1C. The molecule has 1 N–H and O–H groups in total. The lowest BCUT2D eigenvalue weighted by molar-refractivity contribution is 0.260. The third-order valence-electron chi connectivity index (χ3n) is 4.79. The van der Waals surface area contributed by atoms with Gasteiger partial charge in [0, 0.05) is 19.3 Å². The minimum atomic E-state index is 0.301. The van der Waals surface area contributed by atoms with Crippen molar-refractivity contribution in [3.8, 4) is 17.3 Å². The summed E-state index contributed by atoms with van der Waals surface area (Å²) in [6.45, 7) is 4.71. The lowest BCUT2D eigenvalue weighted by Crippen LogP contribution is -2.40. The van der Waals surface area contributed by atoms with Gasteiger partial charge in [0.25, 0.3) is 0 Å². The molecule has 1 unspecified atom stereocenters. The highest BCUT2D eigenvalue weighted by Gasteiger charge is 2.25. The van der Waals surface area contributed by atoms with E-state index in [4.69, 9.17) is 9.47 Å². The second-order valence-electron chi connectivity index (χ2n) is 6.66. The van der Waals surface area contributed by atoms with Crippen molar-refractivity contribution in [2.75, 3.05) is 31.0 Å². The maximum absolute atomic E-state index is 5.77. The summed E-state index contributed by atoms with van der Waals surface area (Å²) in [5, 5.41) is 3.19. The molecule has 9 nitrogen and oxygen atoms in total. The number of aromatic nitrogens is 5. The number of fused-ring (bicyclic) bond motifs is 1. The standard InChI is InChI=1S/C19H23N7O2/c1-5-14-10-28-16-8-21-19(24-18(16)25(14)3)23-13-6-15(27-4)17(20-7-13)26-9-12(2)22-11-26/h6-9,11,14H,5,10H2,1-4H3,(H,21,23,24). The van der Waals surface area contributed by atoms with Crippen molar-refractivity contribution in [1.29, 1.82) is 0 Å². The van der Waals surface area contributed by atoms with Gasteiger partial charge in [-0.1, -0.05) is 6.92 Å². The fourth-order valence-corrected chi connectivity index (χ4v) is 3.15. The average Bonchev–Trinajstić information content (AvgIpc) is 3.14. The van der Waals surface area contributed by atoms with Gasteiger partial charge in [-0.25, -0.2) is 15.0 Å². The number of hydrogen-bond acceptors (Lipinski definition) is 8. The van der Waals surface area contributed by atoms with Crippen molar-refractivity contribution >= 4 is 17.5 Å². The smallest absolute Gasteiger partial charge is 0.229 e. The third-order valence-corrected chi connectivity index (χ3v) is 4.79. The van der Waals surface area contributed by atoms with Gasteiger partial charge < -0.3 is 19.7 Å². The summed E-state index contributed by atoms with van der Waals surface area (Å²) in [7, 11) is 3.64. The highest BCUT2D eigenvalue weighted by atomic mass is 16.5. The maximum Gasteiger partial charge on any atom is 0.229 e. The van der Waals surface area contributed by atoms with E-state index in [1.54, 1.807) is 25.8 Å². The molecule has 28 heavy (non-hydrogen) atoms. The summed E-state index contributed by atoms with van der Waals surface area (Å²) in [5.74, 6) is 3.23. The highest BCUT2D eigenvalue weighted by molar-refractivity contribution is 5.62. The van der Waals surface area contributed by atoms with Gasteiger partial charge >= 0.3 is 0 Å². The van der Waals surface area contributed by atoms with Crippen LogP contribution in [-0.2, 0) is 0 Å². The Morgan fingerprint density at radius 2 is 2.11 bits per heavy atom. The number of nitrogens with zero attached hydrogens (tertiary/aromatic N) is 6. The minimum absolute atomic E-state index is 0.301. The predicted molar refractivity (Wildman–Crippen MR) is 106 cm³/mol. The second kappa shape index (κ2) is 7.34. The maximum atomic E-state index is 5.77. The Kier molecular flexibility index (Phi) is 4.72.